The predicted octanol–water partition coefficient (Wildman–Crippen LogP) is 2.27. The average molecular weight is 339 g/mol. The third-order valence-electron chi connectivity index (χ3n) is 4.47. The Bertz CT molecular complexity index is 573. The molecule has 3 rings (SSSR count). The van der Waals surface area contributed by atoms with Crippen LogP contribution in [0.5, 0.6) is 5.75 Å². The number of rotatable bonds is 6. The van der Waals surface area contributed by atoms with Gasteiger partial charge in [0.15, 0.2) is 11.6 Å². The van der Waals surface area contributed by atoms with Crippen molar-refractivity contribution in [3.05, 3.63) is 29.8 Å². The molecule has 5 nitrogen and oxygen atoms in total. The largest absolute Gasteiger partial charge is 0.489 e. The van der Waals surface area contributed by atoms with Gasteiger partial charge in [0.05, 0.1) is 6.54 Å². The molecule has 0 spiro atoms. The second kappa shape index (κ2) is 7.79. The van der Waals surface area contributed by atoms with E-state index in [-0.39, 0.29) is 31.0 Å². The Balaban J connectivity index is 1.30. The molecule has 0 radical (unpaired) electrons. The van der Waals surface area contributed by atoms with Gasteiger partial charge in [-0.15, -0.1) is 0 Å². The fourth-order valence-electron chi connectivity index (χ4n) is 3.00. The first-order chi connectivity index (χ1) is 11.6. The van der Waals surface area contributed by atoms with Crippen molar-refractivity contribution in [2.24, 2.45) is 0 Å². The minimum atomic E-state index is -0.748. The quantitative estimate of drug-likeness (QED) is 0.782. The minimum Gasteiger partial charge on any atom is -0.489 e. The molecule has 2 N–H and O–H groups in total. The highest BCUT2D eigenvalue weighted by Crippen LogP contribution is 2.29. The van der Waals surface area contributed by atoms with Crippen LogP contribution in [0.15, 0.2) is 18.2 Å². The number of halogens is 2. The monoisotopic (exact) mass is 339 g/mol. The zero-order valence-electron chi connectivity index (χ0n) is 13.6. The van der Waals surface area contributed by atoms with Crippen LogP contribution in [0.25, 0.3) is 0 Å². The third kappa shape index (κ3) is 4.80. The number of ether oxygens (including phenoxy) is 1. The number of urea groups is 1. The first kappa shape index (κ1) is 17.0. The number of benzene rings is 1. The Morgan fingerprint density at radius 3 is 2.62 bits per heavy atom. The molecule has 0 aromatic heterocycles. The molecule has 1 aliphatic heterocycles. The Labute approximate surface area is 140 Å². The average Bonchev–Trinajstić information content (AvgIpc) is 3.39. The summed E-state index contributed by atoms with van der Waals surface area (Å²) >= 11 is 0. The topological polar surface area (TPSA) is 53.6 Å². The molecule has 1 saturated carbocycles. The van der Waals surface area contributed by atoms with Crippen LogP contribution >= 0.6 is 0 Å². The fraction of sp³-hybridized carbons (Fsp3) is 0.588. The standard InChI is InChI=1S/C17H23F2N3O2/c18-12-1-4-16(15(19)11-12)24-10-7-20-17(23)21-13-5-8-22(9-6-13)14-2-3-14/h1,4,11,13-14H,2-3,5-10H2,(H2,20,21,23). The summed E-state index contributed by atoms with van der Waals surface area (Å²) in [5, 5.41) is 5.65. The number of piperidine rings is 1. The molecule has 1 aromatic rings. The van der Waals surface area contributed by atoms with Crippen LogP contribution in [0.3, 0.4) is 0 Å². The van der Waals surface area contributed by atoms with E-state index in [0.29, 0.717) is 0 Å². The highest BCUT2D eigenvalue weighted by molar-refractivity contribution is 5.74. The second-order valence-corrected chi connectivity index (χ2v) is 6.36. The van der Waals surface area contributed by atoms with E-state index >= 15 is 0 Å². The number of amides is 2. The molecule has 1 aliphatic carbocycles. The van der Waals surface area contributed by atoms with E-state index < -0.39 is 11.6 Å². The number of nitrogens with one attached hydrogen (secondary N) is 2. The van der Waals surface area contributed by atoms with E-state index in [1.165, 1.54) is 18.9 Å². The maximum absolute atomic E-state index is 13.4. The number of hydrogen-bond acceptors (Lipinski definition) is 3. The van der Waals surface area contributed by atoms with E-state index in [1.54, 1.807) is 0 Å². The molecule has 1 saturated heterocycles. The van der Waals surface area contributed by atoms with Crippen molar-refractivity contribution in [3.8, 4) is 5.75 Å². The zero-order valence-corrected chi connectivity index (χ0v) is 13.6. The van der Waals surface area contributed by atoms with Gasteiger partial charge in [0.1, 0.15) is 12.4 Å². The van der Waals surface area contributed by atoms with Gasteiger partial charge in [0, 0.05) is 31.2 Å². The van der Waals surface area contributed by atoms with Crippen molar-refractivity contribution < 1.29 is 18.3 Å². The van der Waals surface area contributed by atoms with E-state index in [1.807, 2.05) is 0 Å². The lowest BCUT2D eigenvalue weighted by molar-refractivity contribution is 0.185. The van der Waals surface area contributed by atoms with Crippen molar-refractivity contribution >= 4 is 6.03 Å². The lowest BCUT2D eigenvalue weighted by Gasteiger charge is -2.32. The SMILES string of the molecule is O=C(NCCOc1ccc(F)cc1F)NC1CCN(C2CC2)CC1. The van der Waals surface area contributed by atoms with Gasteiger partial charge in [-0.25, -0.2) is 13.6 Å². The van der Waals surface area contributed by atoms with Gasteiger partial charge >= 0.3 is 6.03 Å². The summed E-state index contributed by atoms with van der Waals surface area (Å²) < 4.78 is 31.3. The van der Waals surface area contributed by atoms with Gasteiger partial charge in [-0.05, 0) is 37.8 Å². The predicted molar refractivity (Wildman–Crippen MR) is 86.0 cm³/mol. The minimum absolute atomic E-state index is 0.0222. The molecule has 1 aromatic carbocycles. The van der Waals surface area contributed by atoms with Crippen LogP contribution < -0.4 is 15.4 Å². The van der Waals surface area contributed by atoms with Crippen LogP contribution in [0.2, 0.25) is 0 Å². The molecule has 2 aliphatic rings. The highest BCUT2D eigenvalue weighted by Gasteiger charge is 2.32. The van der Waals surface area contributed by atoms with Gasteiger partial charge in [0.25, 0.3) is 0 Å². The summed E-state index contributed by atoms with van der Waals surface area (Å²) in [4.78, 5) is 14.3. The van der Waals surface area contributed by atoms with Crippen molar-refractivity contribution in [1.82, 2.24) is 15.5 Å². The van der Waals surface area contributed by atoms with Gasteiger partial charge in [-0.1, -0.05) is 0 Å². The summed E-state index contributed by atoms with van der Waals surface area (Å²) in [6.07, 6.45) is 4.57. The molecule has 1 heterocycles. The molecule has 0 atom stereocenters. The van der Waals surface area contributed by atoms with Gasteiger partial charge < -0.3 is 20.3 Å². The van der Waals surface area contributed by atoms with Crippen LogP contribution in [-0.2, 0) is 0 Å². The Morgan fingerprint density at radius 2 is 1.96 bits per heavy atom. The molecule has 0 unspecified atom stereocenters. The Morgan fingerprint density at radius 1 is 1.21 bits per heavy atom. The number of hydrogen-bond donors (Lipinski definition) is 2. The number of carbonyl (C=O) groups is 1. The molecular formula is C17H23F2N3O2. The summed E-state index contributed by atoms with van der Waals surface area (Å²) in [5.41, 5.74) is 0. The third-order valence-corrected chi connectivity index (χ3v) is 4.47. The molecule has 0 bridgehead atoms. The summed E-state index contributed by atoms with van der Waals surface area (Å²) in [7, 11) is 0. The maximum atomic E-state index is 13.4. The summed E-state index contributed by atoms with van der Waals surface area (Å²) in [6, 6.07) is 3.89. The van der Waals surface area contributed by atoms with Crippen LogP contribution in [0.4, 0.5) is 13.6 Å². The summed E-state index contributed by atoms with van der Waals surface area (Å²) in [6.45, 7) is 2.46. The van der Waals surface area contributed by atoms with E-state index in [0.717, 1.165) is 44.1 Å². The van der Waals surface area contributed by atoms with Crippen molar-refractivity contribution in [1.29, 1.82) is 0 Å². The van der Waals surface area contributed by atoms with Crippen LogP contribution in [-0.4, -0.2) is 49.3 Å². The first-order valence-corrected chi connectivity index (χ1v) is 8.48. The molecule has 2 amide bonds. The maximum Gasteiger partial charge on any atom is 0.315 e. The molecular weight excluding hydrogens is 316 g/mol. The van der Waals surface area contributed by atoms with Crippen LogP contribution in [0, 0.1) is 11.6 Å². The first-order valence-electron chi connectivity index (χ1n) is 8.48. The number of carbonyl (C=O) groups excluding carboxylic acids is 1. The molecule has 2 fully saturated rings. The Kier molecular flexibility index (Phi) is 5.50. The van der Waals surface area contributed by atoms with Gasteiger partial charge in [0.2, 0.25) is 0 Å². The lowest BCUT2D eigenvalue weighted by Crippen LogP contribution is -2.48. The van der Waals surface area contributed by atoms with E-state index in [4.69, 9.17) is 4.74 Å². The van der Waals surface area contributed by atoms with Crippen LogP contribution in [0.1, 0.15) is 25.7 Å². The van der Waals surface area contributed by atoms with Gasteiger partial charge in [-0.3, -0.25) is 0 Å². The number of likely N-dealkylation sites (tertiary alicyclic amines) is 1. The van der Waals surface area contributed by atoms with Crippen molar-refractivity contribution in [2.75, 3.05) is 26.2 Å². The van der Waals surface area contributed by atoms with E-state index in [2.05, 4.69) is 15.5 Å². The smallest absolute Gasteiger partial charge is 0.315 e. The Hall–Kier alpha value is -1.89. The van der Waals surface area contributed by atoms with Crippen molar-refractivity contribution in [3.63, 3.8) is 0 Å². The summed E-state index contributed by atoms with van der Waals surface area (Å²) in [5.74, 6) is -1.42. The second-order valence-electron chi connectivity index (χ2n) is 6.36. The number of nitrogens with zero attached hydrogens (tertiary/aromatic N) is 1. The molecule has 24 heavy (non-hydrogen) atoms. The lowest BCUT2D eigenvalue weighted by atomic mass is 10.1. The zero-order chi connectivity index (χ0) is 16.9. The normalized spacial score (nSPS) is 19.1. The fourth-order valence-corrected chi connectivity index (χ4v) is 3.00. The molecule has 132 valence electrons. The van der Waals surface area contributed by atoms with Gasteiger partial charge in [-0.2, -0.15) is 0 Å². The highest BCUT2D eigenvalue weighted by atomic mass is 19.1. The molecule has 7 heteroatoms. The van der Waals surface area contributed by atoms with Crippen molar-refractivity contribution in [2.45, 2.75) is 37.8 Å². The van der Waals surface area contributed by atoms with E-state index in [9.17, 15) is 13.6 Å².